The Labute approximate surface area is 193 Å². The van der Waals surface area contributed by atoms with Crippen molar-refractivity contribution in [2.45, 2.75) is 30.4 Å². The molecule has 3 rings (SSSR count). The smallest absolute Gasteiger partial charge is 0.268 e. The summed E-state index contributed by atoms with van der Waals surface area (Å²) >= 11 is 0. The highest BCUT2D eigenvalue weighted by Crippen LogP contribution is 2.44. The number of benzene rings is 2. The van der Waals surface area contributed by atoms with Gasteiger partial charge in [0.05, 0.1) is 26.6 Å². The van der Waals surface area contributed by atoms with E-state index in [9.17, 15) is 22.2 Å². The van der Waals surface area contributed by atoms with E-state index in [1.54, 1.807) is 13.0 Å². The molecule has 1 aliphatic rings. The van der Waals surface area contributed by atoms with Crippen LogP contribution in [-0.2, 0) is 15.5 Å². The molecule has 1 saturated heterocycles. The first-order chi connectivity index (χ1) is 15.6. The fourth-order valence-corrected chi connectivity index (χ4v) is 6.11. The number of ether oxygens (including phenoxy) is 3. The lowest BCUT2D eigenvalue weighted by molar-refractivity contribution is 0.0780. The number of amides is 1. The molecule has 0 spiro atoms. The lowest BCUT2D eigenvalue weighted by atomic mass is 9.75. The molecule has 0 aromatic heterocycles. The number of carbonyl (C=O) groups excluding carboxylic acids is 1. The van der Waals surface area contributed by atoms with Crippen LogP contribution in [0, 0.1) is 5.82 Å². The van der Waals surface area contributed by atoms with Crippen molar-refractivity contribution in [2.75, 3.05) is 34.4 Å². The van der Waals surface area contributed by atoms with E-state index in [0.29, 0.717) is 17.2 Å². The predicted octanol–water partition coefficient (Wildman–Crippen LogP) is 3.30. The monoisotopic (exact) mass is 481 g/mol. The third kappa shape index (κ3) is 4.49. The summed E-state index contributed by atoms with van der Waals surface area (Å²) in [6, 6.07) is 8.89. The highest BCUT2D eigenvalue weighted by Gasteiger charge is 2.52. The number of methoxy groups -OCH3 is 3. The average molecular weight is 482 g/mol. The second kappa shape index (κ2) is 9.56. The van der Waals surface area contributed by atoms with Gasteiger partial charge in [-0.3, -0.25) is 9.35 Å². The first-order valence-electron chi connectivity index (χ1n) is 10.4. The van der Waals surface area contributed by atoms with E-state index in [-0.39, 0.29) is 37.1 Å². The molecule has 2 atom stereocenters. The quantitative estimate of drug-likeness (QED) is 0.577. The van der Waals surface area contributed by atoms with Crippen molar-refractivity contribution in [3.05, 3.63) is 53.3 Å². The van der Waals surface area contributed by atoms with Gasteiger partial charge in [0.15, 0.2) is 11.5 Å². The van der Waals surface area contributed by atoms with E-state index < -0.39 is 32.5 Å². The molecular weight excluding hydrogens is 453 g/mol. The second-order valence-corrected chi connectivity index (χ2v) is 9.54. The molecule has 180 valence electrons. The average Bonchev–Trinajstić information content (AvgIpc) is 3.22. The normalized spacial score (nSPS) is 19.3. The molecule has 1 N–H and O–H groups in total. The van der Waals surface area contributed by atoms with Crippen LogP contribution in [0.25, 0.3) is 0 Å². The summed E-state index contributed by atoms with van der Waals surface area (Å²) < 4.78 is 65.4. The third-order valence-corrected chi connectivity index (χ3v) is 7.76. The largest absolute Gasteiger partial charge is 0.493 e. The minimum atomic E-state index is -4.53. The summed E-state index contributed by atoms with van der Waals surface area (Å²) in [6.07, 6.45) is 0.224. The zero-order valence-corrected chi connectivity index (χ0v) is 19.8. The van der Waals surface area contributed by atoms with Crippen LogP contribution in [0.2, 0.25) is 0 Å². The topological polar surface area (TPSA) is 102 Å². The summed E-state index contributed by atoms with van der Waals surface area (Å²) in [7, 11) is -0.211. The highest BCUT2D eigenvalue weighted by molar-refractivity contribution is 7.86. The fraction of sp³-hybridized carbons (Fsp3) is 0.435. The van der Waals surface area contributed by atoms with Gasteiger partial charge in [-0.15, -0.1) is 0 Å². The van der Waals surface area contributed by atoms with Gasteiger partial charge in [-0.1, -0.05) is 25.1 Å². The molecule has 2 unspecified atom stereocenters. The number of halogens is 1. The van der Waals surface area contributed by atoms with Gasteiger partial charge < -0.3 is 19.1 Å². The Balaban J connectivity index is 2.06. The van der Waals surface area contributed by atoms with Gasteiger partial charge in [0.25, 0.3) is 16.0 Å². The molecule has 33 heavy (non-hydrogen) atoms. The highest BCUT2D eigenvalue weighted by atomic mass is 32.2. The molecule has 0 aliphatic carbocycles. The maximum Gasteiger partial charge on any atom is 0.268 e. The van der Waals surface area contributed by atoms with Crippen molar-refractivity contribution < 1.29 is 36.4 Å². The third-order valence-electron chi connectivity index (χ3n) is 6.26. The number of hydrogen-bond acceptors (Lipinski definition) is 6. The molecule has 1 amide bonds. The van der Waals surface area contributed by atoms with Crippen LogP contribution in [0.4, 0.5) is 4.39 Å². The molecule has 1 aliphatic heterocycles. The second-order valence-electron chi connectivity index (χ2n) is 7.94. The predicted molar refractivity (Wildman–Crippen MR) is 120 cm³/mol. The van der Waals surface area contributed by atoms with Crippen LogP contribution in [0.5, 0.6) is 17.2 Å². The van der Waals surface area contributed by atoms with Crippen LogP contribution in [0.1, 0.15) is 35.7 Å². The SMILES string of the molecule is CCC(C1(c2ccccc2F)CCN(C(=O)c2cc(OC)c(OC)c(OC)c2)C1)S(=O)(=O)O. The van der Waals surface area contributed by atoms with Gasteiger partial charge in [-0.05, 0) is 36.6 Å². The first kappa shape index (κ1) is 24.8. The molecule has 2 aromatic rings. The Kier molecular flexibility index (Phi) is 7.18. The Morgan fingerprint density at radius 3 is 2.24 bits per heavy atom. The van der Waals surface area contributed by atoms with Crippen LogP contribution in [-0.4, -0.2) is 63.4 Å². The Morgan fingerprint density at radius 1 is 1.15 bits per heavy atom. The van der Waals surface area contributed by atoms with E-state index in [1.165, 1.54) is 56.6 Å². The Morgan fingerprint density at radius 2 is 1.76 bits per heavy atom. The maximum atomic E-state index is 14.9. The van der Waals surface area contributed by atoms with Crippen LogP contribution in [0.15, 0.2) is 36.4 Å². The van der Waals surface area contributed by atoms with Crippen LogP contribution < -0.4 is 14.2 Å². The van der Waals surface area contributed by atoms with E-state index >= 15 is 0 Å². The molecule has 0 radical (unpaired) electrons. The van der Waals surface area contributed by atoms with Crippen molar-refractivity contribution in [1.29, 1.82) is 0 Å². The maximum absolute atomic E-state index is 14.9. The zero-order chi connectivity index (χ0) is 24.4. The van der Waals surface area contributed by atoms with Crippen molar-refractivity contribution in [3.63, 3.8) is 0 Å². The summed E-state index contributed by atoms with van der Waals surface area (Å²) in [5.41, 5.74) is -0.896. The summed E-state index contributed by atoms with van der Waals surface area (Å²) in [4.78, 5) is 14.9. The number of nitrogens with zero attached hydrogens (tertiary/aromatic N) is 1. The van der Waals surface area contributed by atoms with Gasteiger partial charge >= 0.3 is 0 Å². The van der Waals surface area contributed by atoms with Gasteiger partial charge in [0.2, 0.25) is 5.75 Å². The van der Waals surface area contributed by atoms with Crippen molar-refractivity contribution in [2.24, 2.45) is 0 Å². The Hall–Kier alpha value is -2.85. The van der Waals surface area contributed by atoms with Crippen molar-refractivity contribution in [3.8, 4) is 17.2 Å². The van der Waals surface area contributed by atoms with E-state index in [1.807, 2.05) is 0 Å². The number of hydrogen-bond donors (Lipinski definition) is 1. The molecule has 10 heteroatoms. The van der Waals surface area contributed by atoms with E-state index in [4.69, 9.17) is 14.2 Å². The fourth-order valence-electron chi connectivity index (χ4n) is 4.80. The number of carbonyl (C=O) groups is 1. The van der Waals surface area contributed by atoms with E-state index in [0.717, 1.165) is 0 Å². The first-order valence-corrected chi connectivity index (χ1v) is 11.9. The van der Waals surface area contributed by atoms with Gasteiger partial charge in [0, 0.05) is 24.1 Å². The minimum Gasteiger partial charge on any atom is -0.493 e. The molecule has 1 heterocycles. The van der Waals surface area contributed by atoms with E-state index in [2.05, 4.69) is 0 Å². The standard InChI is InChI=1S/C23H28FNO7S/c1-5-20(33(27,28)29)23(16-8-6-7-9-17(16)24)10-11-25(14-23)22(26)15-12-18(30-2)21(32-4)19(13-15)31-3/h6-9,12-13,20H,5,10-11,14H2,1-4H3,(H,27,28,29). The molecule has 0 bridgehead atoms. The molecule has 8 nitrogen and oxygen atoms in total. The number of likely N-dealkylation sites (tertiary alicyclic amines) is 1. The van der Waals surface area contributed by atoms with Crippen molar-refractivity contribution >= 4 is 16.0 Å². The molecule has 1 fully saturated rings. The minimum absolute atomic E-state index is 0.0549. The molecule has 2 aromatic carbocycles. The summed E-state index contributed by atoms with van der Waals surface area (Å²) in [6.45, 7) is 1.71. The van der Waals surface area contributed by atoms with Crippen molar-refractivity contribution in [1.82, 2.24) is 4.90 Å². The zero-order valence-electron chi connectivity index (χ0n) is 19.0. The van der Waals surface area contributed by atoms with Gasteiger partial charge in [0.1, 0.15) is 5.82 Å². The van der Waals surface area contributed by atoms with Crippen LogP contribution >= 0.6 is 0 Å². The number of rotatable bonds is 8. The summed E-state index contributed by atoms with van der Waals surface area (Å²) in [5, 5.41) is -1.28. The molecule has 0 saturated carbocycles. The van der Waals surface area contributed by atoms with Gasteiger partial charge in [-0.25, -0.2) is 4.39 Å². The Bertz CT molecular complexity index is 1110. The lowest BCUT2D eigenvalue weighted by Gasteiger charge is -2.36. The lowest BCUT2D eigenvalue weighted by Crippen LogP contribution is -2.47. The summed E-state index contributed by atoms with van der Waals surface area (Å²) in [5.74, 6) is -0.0660. The van der Waals surface area contributed by atoms with Crippen LogP contribution in [0.3, 0.4) is 0 Å². The van der Waals surface area contributed by atoms with Gasteiger partial charge in [-0.2, -0.15) is 8.42 Å². The molecular formula is C23H28FNO7S.